The molecule has 0 unspecified atom stereocenters. The summed E-state index contributed by atoms with van der Waals surface area (Å²) in [6.45, 7) is 9.46. The smallest absolute Gasteiger partial charge is 0.319 e. The quantitative estimate of drug-likeness (QED) is 0.425. The molecule has 0 spiro atoms. The first-order chi connectivity index (χ1) is 19.8. The fourth-order valence-electron chi connectivity index (χ4n) is 5.72. The van der Waals surface area contributed by atoms with Crippen LogP contribution in [-0.4, -0.2) is 84.6 Å². The normalized spacial score (nSPS) is 19.7. The summed E-state index contributed by atoms with van der Waals surface area (Å²) in [7, 11) is 4.09. The molecule has 10 heteroatoms. The van der Waals surface area contributed by atoms with Gasteiger partial charge in [0.1, 0.15) is 12.3 Å². The molecular weight excluding hydrogens is 516 g/mol. The van der Waals surface area contributed by atoms with Gasteiger partial charge in [-0.05, 0) is 57.4 Å². The van der Waals surface area contributed by atoms with E-state index in [9.17, 15) is 10.1 Å². The number of aromatic nitrogens is 2. The van der Waals surface area contributed by atoms with Gasteiger partial charge < -0.3 is 25.6 Å². The average Bonchev–Trinajstić information content (AvgIpc) is 3.38. The largest absolute Gasteiger partial charge is 0.462 e. The van der Waals surface area contributed by atoms with Gasteiger partial charge in [-0.1, -0.05) is 42.5 Å². The number of rotatable bonds is 8. The second-order valence-electron chi connectivity index (χ2n) is 11.1. The molecule has 41 heavy (non-hydrogen) atoms. The van der Waals surface area contributed by atoms with E-state index in [4.69, 9.17) is 15.5 Å². The van der Waals surface area contributed by atoms with Crippen LogP contribution >= 0.6 is 0 Å². The zero-order valence-corrected chi connectivity index (χ0v) is 24.1. The van der Waals surface area contributed by atoms with Crippen molar-refractivity contribution in [3.8, 4) is 12.1 Å². The maximum Gasteiger partial charge on any atom is 0.319 e. The van der Waals surface area contributed by atoms with Gasteiger partial charge >= 0.3 is 6.01 Å². The van der Waals surface area contributed by atoms with Crippen molar-refractivity contribution < 1.29 is 9.53 Å². The lowest BCUT2D eigenvalue weighted by Crippen LogP contribution is -2.51. The van der Waals surface area contributed by atoms with Gasteiger partial charge in [0, 0.05) is 42.8 Å². The Morgan fingerprint density at radius 3 is 2.61 bits per heavy atom. The number of allylic oxidation sites excluding steroid dienone is 1. The Balaban J connectivity index is 1.51. The molecule has 0 bridgehead atoms. The highest BCUT2D eigenvalue weighted by molar-refractivity contribution is 6.13. The summed E-state index contributed by atoms with van der Waals surface area (Å²) in [6, 6.07) is 14.4. The maximum atomic E-state index is 13.8. The van der Waals surface area contributed by atoms with Crippen molar-refractivity contribution in [2.24, 2.45) is 0 Å². The number of benzene rings is 2. The number of nitrogens with one attached hydrogen (secondary N) is 1. The predicted octanol–water partition coefficient (Wildman–Crippen LogP) is 4.00. The third kappa shape index (κ3) is 5.97. The number of nitrogens with zero attached hydrogens (tertiary/aromatic N) is 6. The molecule has 2 aliphatic heterocycles. The van der Waals surface area contributed by atoms with Gasteiger partial charge in [-0.25, -0.2) is 0 Å². The number of likely N-dealkylation sites (tertiary alicyclic amines) is 1. The number of fused-ring (bicyclic) bond motifs is 1. The van der Waals surface area contributed by atoms with Gasteiger partial charge in [-0.15, -0.1) is 0 Å². The molecule has 5 rings (SSSR count). The summed E-state index contributed by atoms with van der Waals surface area (Å²) in [4.78, 5) is 29.5. The van der Waals surface area contributed by atoms with E-state index in [1.807, 2.05) is 55.3 Å². The van der Waals surface area contributed by atoms with Crippen molar-refractivity contribution in [2.75, 3.05) is 62.8 Å². The zero-order valence-electron chi connectivity index (χ0n) is 24.1. The average molecular weight is 555 g/mol. The number of hydrogen-bond donors (Lipinski definition) is 2. The van der Waals surface area contributed by atoms with E-state index >= 15 is 0 Å². The van der Waals surface area contributed by atoms with Crippen molar-refractivity contribution in [1.29, 1.82) is 5.26 Å². The van der Waals surface area contributed by atoms with Crippen molar-refractivity contribution >= 4 is 39.4 Å². The van der Waals surface area contributed by atoms with Gasteiger partial charge in [0.25, 0.3) is 5.91 Å². The summed E-state index contributed by atoms with van der Waals surface area (Å²) >= 11 is 0. The first kappa shape index (κ1) is 28.3. The molecule has 0 aliphatic carbocycles. The van der Waals surface area contributed by atoms with Crippen LogP contribution in [-0.2, 0) is 0 Å². The fourth-order valence-corrected chi connectivity index (χ4v) is 5.72. The number of nitriles is 1. The van der Waals surface area contributed by atoms with E-state index < -0.39 is 5.91 Å². The van der Waals surface area contributed by atoms with Gasteiger partial charge in [-0.3, -0.25) is 9.69 Å². The minimum Gasteiger partial charge on any atom is -0.462 e. The third-order valence-corrected chi connectivity index (χ3v) is 8.21. The number of likely N-dealkylation sites (N-methyl/N-ethyl adjacent to an activating group) is 2. The van der Waals surface area contributed by atoms with Crippen molar-refractivity contribution in [2.45, 2.75) is 38.3 Å². The summed E-state index contributed by atoms with van der Waals surface area (Å²) in [6.07, 6.45) is 2.53. The van der Waals surface area contributed by atoms with E-state index in [1.165, 1.54) is 0 Å². The van der Waals surface area contributed by atoms with Crippen LogP contribution < -0.4 is 20.7 Å². The van der Waals surface area contributed by atoms with Crippen LogP contribution in [0.1, 0.15) is 42.2 Å². The summed E-state index contributed by atoms with van der Waals surface area (Å²) in [5, 5.41) is 14.3. The standard InChI is InChI=1S/C31H38N8O2/c1-20(2)24-11-5-8-21-9-6-12-25(26(21)24)34-30(40)28-27(33)29(39-17-16-38(4)22(18-39)13-14-32)36-31(35-28)41-19-23-10-7-15-37(23)3/h5-6,8-9,11-12,22-23H,1,7,10,13,15-19,33H2,2-4H3,(H,34,40)/t22-,23-/m0/s1. The maximum absolute atomic E-state index is 13.8. The molecular formula is C31H38N8O2. The second-order valence-corrected chi connectivity index (χ2v) is 11.1. The highest BCUT2D eigenvalue weighted by Gasteiger charge is 2.30. The summed E-state index contributed by atoms with van der Waals surface area (Å²) < 4.78 is 6.10. The highest BCUT2D eigenvalue weighted by Crippen LogP contribution is 2.33. The van der Waals surface area contributed by atoms with E-state index in [2.05, 4.69) is 39.8 Å². The number of carbonyl (C=O) groups is 1. The molecule has 1 aromatic heterocycles. The van der Waals surface area contributed by atoms with Gasteiger partial charge in [0.2, 0.25) is 0 Å². The summed E-state index contributed by atoms with van der Waals surface area (Å²) in [5.74, 6) is 0.0113. The number of piperazine rings is 1. The van der Waals surface area contributed by atoms with Crippen LogP contribution in [0.25, 0.3) is 16.3 Å². The number of anilines is 3. The lowest BCUT2D eigenvalue weighted by molar-refractivity contribution is 0.102. The Hall–Kier alpha value is -4.20. The van der Waals surface area contributed by atoms with Crippen molar-refractivity contribution in [1.82, 2.24) is 19.8 Å². The second kappa shape index (κ2) is 12.1. The molecule has 2 fully saturated rings. The monoisotopic (exact) mass is 554 g/mol. The topological polar surface area (TPSA) is 124 Å². The number of nitrogens with two attached hydrogens (primary N) is 1. The Kier molecular flexibility index (Phi) is 8.38. The van der Waals surface area contributed by atoms with E-state index in [-0.39, 0.29) is 29.5 Å². The molecule has 2 aliphatic rings. The van der Waals surface area contributed by atoms with Crippen LogP contribution in [0.15, 0.2) is 43.0 Å². The zero-order chi connectivity index (χ0) is 29.1. The Labute approximate surface area is 241 Å². The Bertz CT molecular complexity index is 1490. The minimum absolute atomic E-state index is 0.0214. The van der Waals surface area contributed by atoms with Crippen LogP contribution in [0.4, 0.5) is 17.2 Å². The van der Waals surface area contributed by atoms with Crippen molar-refractivity contribution in [3.63, 3.8) is 0 Å². The van der Waals surface area contributed by atoms with Gasteiger partial charge in [0.15, 0.2) is 11.5 Å². The Morgan fingerprint density at radius 1 is 1.15 bits per heavy atom. The number of hydrogen-bond acceptors (Lipinski definition) is 9. The van der Waals surface area contributed by atoms with Gasteiger partial charge in [-0.2, -0.15) is 15.2 Å². The van der Waals surface area contributed by atoms with Crippen LogP contribution in [0.3, 0.4) is 0 Å². The van der Waals surface area contributed by atoms with E-state index in [0.29, 0.717) is 37.6 Å². The number of ether oxygens (including phenoxy) is 1. The van der Waals surface area contributed by atoms with Crippen LogP contribution in [0, 0.1) is 11.3 Å². The Morgan fingerprint density at radius 2 is 1.90 bits per heavy atom. The predicted molar refractivity (Wildman–Crippen MR) is 163 cm³/mol. The third-order valence-electron chi connectivity index (χ3n) is 8.21. The molecule has 3 heterocycles. The molecule has 0 radical (unpaired) electrons. The van der Waals surface area contributed by atoms with E-state index in [0.717, 1.165) is 47.8 Å². The molecule has 3 aromatic rings. The highest BCUT2D eigenvalue weighted by atomic mass is 16.5. The molecule has 3 N–H and O–H groups in total. The lowest BCUT2D eigenvalue weighted by Gasteiger charge is -2.39. The first-order valence-corrected chi connectivity index (χ1v) is 14.1. The first-order valence-electron chi connectivity index (χ1n) is 14.1. The SMILES string of the molecule is C=C(C)c1cccc2cccc(NC(=O)c3nc(OC[C@@H]4CCCN4C)nc(N4CCN(C)[C@@H](CC#N)C4)c3N)c12. The molecule has 2 atom stereocenters. The van der Waals surface area contributed by atoms with Crippen LogP contribution in [0.2, 0.25) is 0 Å². The number of amides is 1. The fraction of sp³-hybridized carbons (Fsp3) is 0.419. The lowest BCUT2D eigenvalue weighted by atomic mass is 9.98. The molecule has 2 saturated heterocycles. The number of carbonyl (C=O) groups excluding carboxylic acids is 1. The van der Waals surface area contributed by atoms with Crippen molar-refractivity contribution in [3.05, 3.63) is 54.2 Å². The molecule has 10 nitrogen and oxygen atoms in total. The molecule has 0 saturated carbocycles. The summed E-state index contributed by atoms with van der Waals surface area (Å²) in [5.41, 5.74) is 9.39. The van der Waals surface area contributed by atoms with Crippen LogP contribution in [0.5, 0.6) is 6.01 Å². The molecule has 2 aromatic carbocycles. The minimum atomic E-state index is -0.444. The number of nitrogen functional groups attached to an aromatic ring is 1. The molecule has 214 valence electrons. The molecule has 1 amide bonds. The van der Waals surface area contributed by atoms with Gasteiger partial charge in [0.05, 0.1) is 12.5 Å². The van der Waals surface area contributed by atoms with E-state index in [1.54, 1.807) is 0 Å².